The van der Waals surface area contributed by atoms with E-state index in [0.717, 1.165) is 31.0 Å². The van der Waals surface area contributed by atoms with Crippen LogP contribution in [0.2, 0.25) is 0 Å². The van der Waals surface area contributed by atoms with Gasteiger partial charge in [-0.15, -0.1) is 0 Å². The maximum absolute atomic E-state index is 13.0. The summed E-state index contributed by atoms with van der Waals surface area (Å²) >= 11 is 3.53. The van der Waals surface area contributed by atoms with Crippen LogP contribution in [0.5, 0.6) is 0 Å². The monoisotopic (exact) mass is 827 g/mol. The van der Waals surface area contributed by atoms with Crippen LogP contribution in [-0.4, -0.2) is 72.8 Å². The Morgan fingerprint density at radius 2 is 1.36 bits per heavy atom. The molecule has 13 heteroatoms. The van der Waals surface area contributed by atoms with Crippen molar-refractivity contribution in [1.29, 1.82) is 0 Å². The molecule has 1 aliphatic rings. The number of carboxylic acids is 1. The molecule has 0 aromatic heterocycles. The second-order valence-corrected chi connectivity index (χ2v) is 15.4. The van der Waals surface area contributed by atoms with E-state index in [0.29, 0.717) is 0 Å². The first-order chi connectivity index (χ1) is 26.6. The number of thiol groups is 1. The van der Waals surface area contributed by atoms with Crippen molar-refractivity contribution < 1.29 is 33.1 Å². The third-order valence-corrected chi connectivity index (χ3v) is 11.6. The number of anilines is 1. The minimum Gasteiger partial charge on any atom is -0.481 e. The van der Waals surface area contributed by atoms with Crippen LogP contribution in [0, 0.1) is 16.0 Å². The van der Waals surface area contributed by atoms with E-state index in [-0.39, 0.29) is 56.4 Å². The SMILES string of the molecule is O=C(O)C[C@H](CCO)CN1[C@H](COC(c2ccccc2)(c2ccccc2)c2ccccc2)[C@H](c2ccc(Br)cc2)[C@@H]1CN(c1ccccc1[N+](=O)[O-])[SH](=O)=O. The van der Waals surface area contributed by atoms with Gasteiger partial charge in [-0.25, -0.2) is 8.42 Å². The van der Waals surface area contributed by atoms with Gasteiger partial charge in [0.15, 0.2) is 0 Å². The normalized spacial score (nSPS) is 17.7. The summed E-state index contributed by atoms with van der Waals surface area (Å²) in [5, 5.41) is 31.9. The van der Waals surface area contributed by atoms with Gasteiger partial charge in [0.25, 0.3) is 5.69 Å². The van der Waals surface area contributed by atoms with Crippen molar-refractivity contribution in [3.63, 3.8) is 0 Å². The highest BCUT2D eigenvalue weighted by atomic mass is 79.9. The fourth-order valence-corrected chi connectivity index (χ4v) is 8.77. The quantitative estimate of drug-likeness (QED) is 0.0367. The molecular formula is C42H42BrN3O8S. The molecule has 6 rings (SSSR count). The van der Waals surface area contributed by atoms with Crippen molar-refractivity contribution >= 4 is 44.2 Å². The molecule has 4 atom stereocenters. The number of rotatable bonds is 18. The molecule has 0 radical (unpaired) electrons. The molecule has 2 N–H and O–H groups in total. The molecule has 0 aliphatic carbocycles. The second-order valence-electron chi connectivity index (χ2n) is 13.5. The lowest BCUT2D eigenvalue weighted by atomic mass is 9.73. The van der Waals surface area contributed by atoms with Crippen LogP contribution in [0.15, 0.2) is 144 Å². The highest BCUT2D eigenvalue weighted by Crippen LogP contribution is 2.47. The number of aliphatic hydroxyl groups is 1. The molecule has 0 amide bonds. The van der Waals surface area contributed by atoms with Crippen molar-refractivity contribution in [1.82, 2.24) is 4.90 Å². The maximum Gasteiger partial charge on any atom is 0.303 e. The maximum atomic E-state index is 13.0. The average Bonchev–Trinajstić information content (AvgIpc) is 3.19. The fraction of sp³-hybridized carbons (Fsp3) is 0.262. The van der Waals surface area contributed by atoms with E-state index in [1.165, 1.54) is 18.2 Å². The summed E-state index contributed by atoms with van der Waals surface area (Å²) in [5.41, 5.74) is 2.08. The number of likely N-dealkylation sites (tertiary alicyclic amines) is 1. The number of hydrogen-bond acceptors (Lipinski definition) is 8. The van der Waals surface area contributed by atoms with Crippen molar-refractivity contribution in [3.05, 3.63) is 176 Å². The zero-order chi connectivity index (χ0) is 39.0. The van der Waals surface area contributed by atoms with Crippen LogP contribution in [0.1, 0.15) is 41.0 Å². The third-order valence-electron chi connectivity index (χ3n) is 10.3. The molecule has 0 saturated carbocycles. The number of hydrogen-bond donors (Lipinski definition) is 3. The molecule has 1 heterocycles. The Hall–Kier alpha value is -4.92. The van der Waals surface area contributed by atoms with E-state index >= 15 is 0 Å². The van der Waals surface area contributed by atoms with E-state index in [2.05, 4.69) is 20.8 Å². The van der Waals surface area contributed by atoms with Crippen molar-refractivity contribution in [2.75, 3.05) is 30.6 Å². The molecule has 55 heavy (non-hydrogen) atoms. The number of aliphatic hydroxyl groups excluding tert-OH is 1. The lowest BCUT2D eigenvalue weighted by molar-refractivity contribution is -0.384. The Kier molecular flexibility index (Phi) is 13.1. The Morgan fingerprint density at radius 1 is 0.836 bits per heavy atom. The van der Waals surface area contributed by atoms with Crippen molar-refractivity contribution in [2.45, 2.75) is 36.4 Å². The predicted octanol–water partition coefficient (Wildman–Crippen LogP) is 7.01. The Labute approximate surface area is 330 Å². The first-order valence-electron chi connectivity index (χ1n) is 17.9. The number of para-hydroxylation sites is 2. The lowest BCUT2D eigenvalue weighted by Gasteiger charge is -2.57. The highest BCUT2D eigenvalue weighted by molar-refractivity contribution is 9.10. The average molecular weight is 829 g/mol. The van der Waals surface area contributed by atoms with Gasteiger partial charge in [0.2, 0.25) is 10.9 Å². The van der Waals surface area contributed by atoms with Gasteiger partial charge < -0.3 is 14.9 Å². The van der Waals surface area contributed by atoms with E-state index in [1.807, 2.05) is 115 Å². The summed E-state index contributed by atoms with van der Waals surface area (Å²) < 4.78 is 35.2. The summed E-state index contributed by atoms with van der Waals surface area (Å²) in [7, 11) is -3.34. The zero-order valence-corrected chi connectivity index (χ0v) is 32.3. The van der Waals surface area contributed by atoms with Gasteiger partial charge >= 0.3 is 5.97 Å². The number of carbonyl (C=O) groups is 1. The molecule has 0 bridgehead atoms. The summed E-state index contributed by atoms with van der Waals surface area (Å²) in [6.07, 6.45) is -0.0102. The molecule has 5 aromatic rings. The first-order valence-corrected chi connectivity index (χ1v) is 19.9. The van der Waals surface area contributed by atoms with Gasteiger partial charge in [-0.1, -0.05) is 131 Å². The van der Waals surface area contributed by atoms with Crippen LogP contribution < -0.4 is 4.31 Å². The molecule has 1 fully saturated rings. The third kappa shape index (κ3) is 8.82. The van der Waals surface area contributed by atoms with E-state index in [4.69, 9.17) is 4.74 Å². The molecule has 0 unspecified atom stereocenters. The topological polar surface area (TPSA) is 151 Å². The second kappa shape index (κ2) is 18.1. The van der Waals surface area contributed by atoms with Gasteiger partial charge in [-0.2, -0.15) is 0 Å². The summed E-state index contributed by atoms with van der Waals surface area (Å²) in [4.78, 5) is 25.6. The fourth-order valence-electron chi connectivity index (χ4n) is 7.86. The van der Waals surface area contributed by atoms with Crippen LogP contribution in [0.25, 0.3) is 0 Å². The highest BCUT2D eigenvalue weighted by Gasteiger charge is 2.52. The number of nitrogens with zero attached hydrogens (tertiary/aromatic N) is 3. The molecule has 1 saturated heterocycles. The number of nitro benzene ring substituents is 1. The number of benzene rings is 5. The molecule has 1 aliphatic heterocycles. The predicted molar refractivity (Wildman–Crippen MR) is 215 cm³/mol. The lowest BCUT2D eigenvalue weighted by Crippen LogP contribution is -2.68. The number of ether oxygens (including phenoxy) is 1. The van der Waals surface area contributed by atoms with Crippen LogP contribution in [-0.2, 0) is 26.0 Å². The smallest absolute Gasteiger partial charge is 0.303 e. The van der Waals surface area contributed by atoms with Crippen LogP contribution in [0.3, 0.4) is 0 Å². The minimum absolute atomic E-state index is 0.0634. The van der Waals surface area contributed by atoms with Crippen LogP contribution >= 0.6 is 15.9 Å². The summed E-state index contributed by atoms with van der Waals surface area (Å²) in [5.74, 6) is -1.86. The van der Waals surface area contributed by atoms with Crippen molar-refractivity contribution in [3.8, 4) is 0 Å². The number of aliphatic carboxylic acids is 1. The first kappa shape index (κ1) is 39.8. The standard InChI is InChI=1S/C42H42BrN3O8S/c43-35-22-20-31(21-23-35)41-38(28-45(55(52)53)36-18-10-11-19-37(36)46(50)51)44(27-30(24-25-47)26-40(48)49)39(41)29-54-42(32-12-4-1-5-13-32,33-14-6-2-7-15-33)34-16-8-3-9-17-34/h1-23,30,38-39,41,47,55H,24-29H2,(H,48,49)/t30-,38-,39+,41+/m0/s1. The Morgan fingerprint density at radius 3 is 1.85 bits per heavy atom. The molecular weight excluding hydrogens is 786 g/mol. The van der Waals surface area contributed by atoms with Gasteiger partial charge in [0.05, 0.1) is 18.1 Å². The van der Waals surface area contributed by atoms with Gasteiger partial charge in [0.1, 0.15) is 11.3 Å². The number of carboxylic acid groups (broad SMARTS) is 1. The molecule has 0 spiro atoms. The molecule has 286 valence electrons. The number of halogens is 1. The summed E-state index contributed by atoms with van der Waals surface area (Å²) in [6, 6.07) is 42.2. The number of nitro groups is 1. The van der Waals surface area contributed by atoms with E-state index in [1.54, 1.807) is 6.07 Å². The van der Waals surface area contributed by atoms with Gasteiger partial charge in [-0.05, 0) is 52.8 Å². The van der Waals surface area contributed by atoms with Gasteiger partial charge in [0, 0.05) is 48.1 Å². The Bertz CT molecular complexity index is 2020. The van der Waals surface area contributed by atoms with E-state index < -0.39 is 45.4 Å². The van der Waals surface area contributed by atoms with E-state index in [9.17, 15) is 33.5 Å². The molecule has 5 aromatic carbocycles. The zero-order valence-electron chi connectivity index (χ0n) is 29.8. The van der Waals surface area contributed by atoms with Crippen LogP contribution in [0.4, 0.5) is 11.4 Å². The largest absolute Gasteiger partial charge is 0.481 e. The minimum atomic E-state index is -3.34. The summed E-state index contributed by atoms with van der Waals surface area (Å²) in [6.45, 7) is -0.0552. The van der Waals surface area contributed by atoms with Crippen molar-refractivity contribution in [2.24, 2.45) is 5.92 Å². The molecule has 11 nitrogen and oxygen atoms in total. The van der Waals surface area contributed by atoms with Gasteiger partial charge in [-0.3, -0.25) is 24.1 Å². The Balaban J connectivity index is 1.49.